The number of nitrogens with one attached hydrogen (secondary N) is 1. The standard InChI is InChI=1S/C22H22FN3O5S2/c1-25(32(2,28)29)18-10-8-9-17(15-18)24-22(27)16-26(21-14-7-6-13-20(21)23)33(30,31)19-11-4-3-5-12-19/h3-15H,16H2,1-2H3,(H,24,27). The molecule has 0 bridgehead atoms. The van der Waals surface area contributed by atoms with E-state index in [2.05, 4.69) is 5.32 Å². The van der Waals surface area contributed by atoms with Gasteiger partial charge in [-0.05, 0) is 42.5 Å². The zero-order valence-electron chi connectivity index (χ0n) is 17.8. The van der Waals surface area contributed by atoms with E-state index in [1.807, 2.05) is 0 Å². The van der Waals surface area contributed by atoms with Gasteiger partial charge in [-0.25, -0.2) is 21.2 Å². The highest BCUT2D eigenvalue weighted by atomic mass is 32.2. The van der Waals surface area contributed by atoms with Gasteiger partial charge in [0.1, 0.15) is 12.4 Å². The average molecular weight is 492 g/mol. The molecule has 0 saturated carbocycles. The van der Waals surface area contributed by atoms with Crippen molar-refractivity contribution in [3.8, 4) is 0 Å². The number of carbonyl (C=O) groups excluding carboxylic acids is 1. The number of halogens is 1. The van der Waals surface area contributed by atoms with E-state index in [0.29, 0.717) is 9.99 Å². The molecule has 0 aliphatic carbocycles. The number of sulfonamides is 2. The van der Waals surface area contributed by atoms with Crippen LogP contribution >= 0.6 is 0 Å². The van der Waals surface area contributed by atoms with Crippen LogP contribution in [0.25, 0.3) is 0 Å². The van der Waals surface area contributed by atoms with Crippen LogP contribution in [0.3, 0.4) is 0 Å². The van der Waals surface area contributed by atoms with Crippen LogP contribution < -0.4 is 13.9 Å². The zero-order chi connectivity index (χ0) is 24.2. The maximum atomic E-state index is 14.5. The van der Waals surface area contributed by atoms with Crippen molar-refractivity contribution < 1.29 is 26.0 Å². The predicted octanol–water partition coefficient (Wildman–Crippen LogP) is 3.06. The molecular formula is C22H22FN3O5S2. The molecule has 0 aromatic heterocycles. The van der Waals surface area contributed by atoms with Crippen molar-refractivity contribution in [1.29, 1.82) is 0 Å². The SMILES string of the molecule is CN(c1cccc(NC(=O)CN(c2ccccc2F)S(=O)(=O)c2ccccc2)c1)S(C)(=O)=O. The third-order valence-corrected chi connectivity index (χ3v) is 7.71. The molecule has 0 spiro atoms. The van der Waals surface area contributed by atoms with E-state index in [1.165, 1.54) is 61.6 Å². The molecule has 3 aromatic carbocycles. The second-order valence-corrected chi connectivity index (χ2v) is 11.0. The van der Waals surface area contributed by atoms with Crippen LogP contribution in [0, 0.1) is 5.82 Å². The lowest BCUT2D eigenvalue weighted by molar-refractivity contribution is -0.114. The largest absolute Gasteiger partial charge is 0.324 e. The van der Waals surface area contributed by atoms with Gasteiger partial charge in [-0.2, -0.15) is 0 Å². The van der Waals surface area contributed by atoms with Gasteiger partial charge in [0.15, 0.2) is 0 Å². The van der Waals surface area contributed by atoms with Crippen molar-refractivity contribution >= 4 is 43.0 Å². The number of amides is 1. The number of carbonyl (C=O) groups is 1. The molecule has 0 aliphatic heterocycles. The Balaban J connectivity index is 1.92. The van der Waals surface area contributed by atoms with Gasteiger partial charge in [-0.3, -0.25) is 13.4 Å². The van der Waals surface area contributed by atoms with Crippen LogP contribution in [-0.2, 0) is 24.8 Å². The number of hydrogen-bond donors (Lipinski definition) is 1. The predicted molar refractivity (Wildman–Crippen MR) is 126 cm³/mol. The van der Waals surface area contributed by atoms with E-state index in [1.54, 1.807) is 18.2 Å². The van der Waals surface area contributed by atoms with Crippen molar-refractivity contribution in [2.45, 2.75) is 4.90 Å². The number of hydrogen-bond acceptors (Lipinski definition) is 5. The molecule has 0 unspecified atom stereocenters. The van der Waals surface area contributed by atoms with Crippen molar-refractivity contribution in [3.05, 3.63) is 84.7 Å². The summed E-state index contributed by atoms with van der Waals surface area (Å²) in [5.74, 6) is -1.54. The van der Waals surface area contributed by atoms with Gasteiger partial charge in [0.25, 0.3) is 10.0 Å². The zero-order valence-corrected chi connectivity index (χ0v) is 19.5. The summed E-state index contributed by atoms with van der Waals surface area (Å²) in [4.78, 5) is 12.7. The molecular weight excluding hydrogens is 469 g/mol. The van der Waals surface area contributed by atoms with Crippen molar-refractivity contribution in [2.75, 3.05) is 33.8 Å². The van der Waals surface area contributed by atoms with E-state index >= 15 is 0 Å². The first-order valence-electron chi connectivity index (χ1n) is 9.66. The van der Waals surface area contributed by atoms with E-state index in [0.717, 1.165) is 16.6 Å². The molecule has 33 heavy (non-hydrogen) atoms. The van der Waals surface area contributed by atoms with Crippen molar-refractivity contribution in [3.63, 3.8) is 0 Å². The lowest BCUT2D eigenvalue weighted by atomic mass is 10.2. The fraction of sp³-hybridized carbons (Fsp3) is 0.136. The maximum Gasteiger partial charge on any atom is 0.264 e. The first-order chi connectivity index (χ1) is 15.5. The van der Waals surface area contributed by atoms with E-state index in [9.17, 15) is 26.0 Å². The summed E-state index contributed by atoms with van der Waals surface area (Å²) in [6, 6.07) is 18.7. The number of anilines is 3. The second kappa shape index (κ2) is 9.59. The summed E-state index contributed by atoms with van der Waals surface area (Å²) in [7, 11) is -6.42. The van der Waals surface area contributed by atoms with Gasteiger partial charge in [0.05, 0.1) is 22.5 Å². The van der Waals surface area contributed by atoms with E-state index in [4.69, 9.17) is 0 Å². The van der Waals surface area contributed by atoms with Gasteiger partial charge in [-0.15, -0.1) is 0 Å². The summed E-state index contributed by atoms with van der Waals surface area (Å²) in [6.45, 7) is -0.704. The first kappa shape index (κ1) is 24.2. The minimum Gasteiger partial charge on any atom is -0.324 e. The van der Waals surface area contributed by atoms with E-state index in [-0.39, 0.29) is 16.3 Å². The van der Waals surface area contributed by atoms with Gasteiger partial charge < -0.3 is 5.32 Å². The van der Waals surface area contributed by atoms with Crippen LogP contribution in [0.2, 0.25) is 0 Å². The van der Waals surface area contributed by atoms with Crippen LogP contribution in [0.4, 0.5) is 21.5 Å². The monoisotopic (exact) mass is 491 g/mol. The summed E-state index contributed by atoms with van der Waals surface area (Å²) >= 11 is 0. The topological polar surface area (TPSA) is 104 Å². The molecule has 0 atom stereocenters. The normalized spacial score (nSPS) is 11.6. The Morgan fingerprint density at radius 3 is 2.18 bits per heavy atom. The molecule has 1 N–H and O–H groups in total. The minimum absolute atomic E-state index is 0.0992. The Morgan fingerprint density at radius 1 is 0.909 bits per heavy atom. The molecule has 0 aliphatic rings. The van der Waals surface area contributed by atoms with Crippen molar-refractivity contribution in [2.24, 2.45) is 0 Å². The average Bonchev–Trinajstić information content (AvgIpc) is 2.77. The van der Waals surface area contributed by atoms with Crippen LogP contribution in [0.15, 0.2) is 83.8 Å². The summed E-state index contributed by atoms with van der Waals surface area (Å²) in [6.07, 6.45) is 1.04. The molecule has 8 nitrogen and oxygen atoms in total. The Labute approximate surface area is 192 Å². The third-order valence-electron chi connectivity index (χ3n) is 4.73. The molecule has 0 radical (unpaired) electrons. The summed E-state index contributed by atoms with van der Waals surface area (Å²) in [5, 5.41) is 2.54. The molecule has 0 fully saturated rings. The van der Waals surface area contributed by atoms with Gasteiger partial charge in [0, 0.05) is 12.7 Å². The van der Waals surface area contributed by atoms with Crippen LogP contribution in [0.5, 0.6) is 0 Å². The fourth-order valence-corrected chi connectivity index (χ4v) is 4.92. The smallest absolute Gasteiger partial charge is 0.264 e. The molecule has 0 heterocycles. The Kier molecular flexibility index (Phi) is 7.04. The van der Waals surface area contributed by atoms with Gasteiger partial charge in [-0.1, -0.05) is 36.4 Å². The Bertz CT molecular complexity index is 1360. The Morgan fingerprint density at radius 2 is 1.55 bits per heavy atom. The lowest BCUT2D eigenvalue weighted by Crippen LogP contribution is -2.38. The lowest BCUT2D eigenvalue weighted by Gasteiger charge is -2.24. The summed E-state index contributed by atoms with van der Waals surface area (Å²) < 4.78 is 66.3. The van der Waals surface area contributed by atoms with Crippen molar-refractivity contribution in [1.82, 2.24) is 0 Å². The first-order valence-corrected chi connectivity index (χ1v) is 12.9. The second-order valence-electron chi connectivity index (χ2n) is 7.11. The number of rotatable bonds is 8. The van der Waals surface area contributed by atoms with Gasteiger partial charge in [0.2, 0.25) is 15.9 Å². The molecule has 11 heteroatoms. The van der Waals surface area contributed by atoms with Crippen LogP contribution in [-0.4, -0.2) is 42.6 Å². The quantitative estimate of drug-likeness (QED) is 0.522. The molecule has 3 rings (SSSR count). The number of benzene rings is 3. The fourth-order valence-electron chi connectivity index (χ4n) is 2.98. The molecule has 0 saturated heterocycles. The number of nitrogens with zero attached hydrogens (tertiary/aromatic N) is 2. The maximum absolute atomic E-state index is 14.5. The summed E-state index contributed by atoms with van der Waals surface area (Å²) in [5.41, 5.74) is 0.277. The highest BCUT2D eigenvalue weighted by molar-refractivity contribution is 7.93. The highest BCUT2D eigenvalue weighted by Crippen LogP contribution is 2.26. The molecule has 174 valence electrons. The molecule has 3 aromatic rings. The highest BCUT2D eigenvalue weighted by Gasteiger charge is 2.29. The minimum atomic E-state index is -4.26. The molecule has 1 amide bonds. The van der Waals surface area contributed by atoms with Gasteiger partial charge >= 0.3 is 0 Å². The van der Waals surface area contributed by atoms with Crippen LogP contribution in [0.1, 0.15) is 0 Å². The Hall–Kier alpha value is -3.44. The number of para-hydroxylation sites is 1. The van der Waals surface area contributed by atoms with E-state index < -0.39 is 38.3 Å². The third kappa shape index (κ3) is 5.68.